The first-order chi connectivity index (χ1) is 7.31. The van der Waals surface area contributed by atoms with E-state index >= 15 is 0 Å². The Morgan fingerprint density at radius 1 is 1.31 bits per heavy atom. The summed E-state index contributed by atoms with van der Waals surface area (Å²) < 4.78 is 0. The lowest BCUT2D eigenvalue weighted by atomic mass is 9.97. The number of nitrogens with zero attached hydrogens (tertiary/aromatic N) is 1. The van der Waals surface area contributed by atoms with Gasteiger partial charge in [0.2, 0.25) is 0 Å². The molecule has 0 amide bonds. The lowest BCUT2D eigenvalue weighted by Crippen LogP contribution is -2.41. The minimum absolute atomic E-state index is 0. The molecule has 16 heavy (non-hydrogen) atoms. The maximum atomic E-state index is 3.53. The minimum atomic E-state index is 0. The van der Waals surface area contributed by atoms with Crippen LogP contribution in [0.1, 0.15) is 39.5 Å². The molecule has 2 aliphatic heterocycles. The van der Waals surface area contributed by atoms with Gasteiger partial charge in [0.05, 0.1) is 0 Å². The molecule has 0 aliphatic carbocycles. The molecule has 0 bridgehead atoms. The zero-order valence-electron chi connectivity index (χ0n) is 10.7. The zero-order chi connectivity index (χ0) is 10.7. The van der Waals surface area contributed by atoms with E-state index in [0.29, 0.717) is 0 Å². The normalized spacial score (nSPS) is 36.0. The topological polar surface area (TPSA) is 15.3 Å². The predicted octanol–water partition coefficient (Wildman–Crippen LogP) is 2.53. The third kappa shape index (κ3) is 3.35. The van der Waals surface area contributed by atoms with Crippen LogP contribution < -0.4 is 5.32 Å². The molecule has 96 valence electrons. The van der Waals surface area contributed by atoms with Crippen molar-refractivity contribution in [3.8, 4) is 0 Å². The second-order valence-corrected chi connectivity index (χ2v) is 5.45. The van der Waals surface area contributed by atoms with Crippen LogP contribution >= 0.6 is 12.4 Å². The minimum Gasteiger partial charge on any atom is -0.316 e. The molecule has 2 heterocycles. The summed E-state index contributed by atoms with van der Waals surface area (Å²) in [5, 5.41) is 3.53. The Kier molecular flexibility index (Phi) is 6.09. The molecule has 2 saturated heterocycles. The molecule has 0 spiro atoms. The molecule has 0 radical (unpaired) electrons. The van der Waals surface area contributed by atoms with E-state index in [2.05, 4.69) is 24.1 Å². The van der Waals surface area contributed by atoms with Crippen molar-refractivity contribution in [2.24, 2.45) is 11.8 Å². The maximum absolute atomic E-state index is 3.53. The monoisotopic (exact) mass is 246 g/mol. The van der Waals surface area contributed by atoms with Crippen LogP contribution in [0.5, 0.6) is 0 Å². The second kappa shape index (κ2) is 6.83. The molecule has 3 unspecified atom stereocenters. The summed E-state index contributed by atoms with van der Waals surface area (Å²) in [5.41, 5.74) is 0. The van der Waals surface area contributed by atoms with Gasteiger partial charge in [-0.2, -0.15) is 0 Å². The molecule has 3 heteroatoms. The van der Waals surface area contributed by atoms with Crippen molar-refractivity contribution in [2.45, 2.75) is 45.6 Å². The van der Waals surface area contributed by atoms with E-state index in [1.807, 2.05) is 0 Å². The third-order valence-corrected chi connectivity index (χ3v) is 4.31. The summed E-state index contributed by atoms with van der Waals surface area (Å²) in [6, 6.07) is 0.868. The molecule has 2 nitrogen and oxygen atoms in total. The zero-order valence-corrected chi connectivity index (χ0v) is 11.6. The van der Waals surface area contributed by atoms with E-state index in [1.54, 1.807) is 0 Å². The highest BCUT2D eigenvalue weighted by Crippen LogP contribution is 2.27. The predicted molar refractivity (Wildman–Crippen MR) is 72.3 cm³/mol. The van der Waals surface area contributed by atoms with Crippen molar-refractivity contribution in [3.63, 3.8) is 0 Å². The number of hydrogen-bond donors (Lipinski definition) is 1. The SMILES string of the molecule is CCC1C(C)CCN1CC1CCCNC1.Cl. The lowest BCUT2D eigenvalue weighted by Gasteiger charge is -2.31. The van der Waals surface area contributed by atoms with Gasteiger partial charge >= 0.3 is 0 Å². The molecule has 0 aromatic carbocycles. The average molecular weight is 247 g/mol. The van der Waals surface area contributed by atoms with Gasteiger partial charge in [0.1, 0.15) is 0 Å². The van der Waals surface area contributed by atoms with Gasteiger partial charge in [0.25, 0.3) is 0 Å². The van der Waals surface area contributed by atoms with Gasteiger partial charge in [-0.25, -0.2) is 0 Å². The number of hydrogen-bond acceptors (Lipinski definition) is 2. The number of likely N-dealkylation sites (tertiary alicyclic amines) is 1. The fourth-order valence-corrected chi connectivity index (χ4v) is 3.39. The van der Waals surface area contributed by atoms with Gasteiger partial charge in [-0.3, -0.25) is 4.90 Å². The quantitative estimate of drug-likeness (QED) is 0.824. The van der Waals surface area contributed by atoms with Crippen LogP contribution in [0.25, 0.3) is 0 Å². The van der Waals surface area contributed by atoms with E-state index in [4.69, 9.17) is 0 Å². The Morgan fingerprint density at radius 3 is 2.75 bits per heavy atom. The molecule has 2 fully saturated rings. The second-order valence-electron chi connectivity index (χ2n) is 5.45. The van der Waals surface area contributed by atoms with Gasteiger partial charge in [-0.15, -0.1) is 12.4 Å². The van der Waals surface area contributed by atoms with Gasteiger partial charge in [0, 0.05) is 12.6 Å². The molecule has 0 aromatic heterocycles. The van der Waals surface area contributed by atoms with Crippen molar-refractivity contribution < 1.29 is 0 Å². The van der Waals surface area contributed by atoms with Gasteiger partial charge in [-0.1, -0.05) is 13.8 Å². The largest absolute Gasteiger partial charge is 0.316 e. The highest BCUT2D eigenvalue weighted by atomic mass is 35.5. The summed E-state index contributed by atoms with van der Waals surface area (Å²) in [7, 11) is 0. The van der Waals surface area contributed by atoms with E-state index in [-0.39, 0.29) is 12.4 Å². The van der Waals surface area contributed by atoms with Crippen molar-refractivity contribution in [1.82, 2.24) is 10.2 Å². The summed E-state index contributed by atoms with van der Waals surface area (Å²) in [4.78, 5) is 2.75. The first-order valence-corrected chi connectivity index (χ1v) is 6.76. The van der Waals surface area contributed by atoms with E-state index in [1.165, 1.54) is 51.9 Å². The Balaban J connectivity index is 0.00000128. The Labute approximate surface area is 107 Å². The van der Waals surface area contributed by atoms with Crippen molar-refractivity contribution >= 4 is 12.4 Å². The fraction of sp³-hybridized carbons (Fsp3) is 1.00. The van der Waals surface area contributed by atoms with Crippen LogP contribution in [0, 0.1) is 11.8 Å². The Hall–Kier alpha value is 0.210. The van der Waals surface area contributed by atoms with Crippen LogP contribution in [-0.4, -0.2) is 37.1 Å². The van der Waals surface area contributed by atoms with Crippen LogP contribution in [0.3, 0.4) is 0 Å². The number of piperidine rings is 1. The highest BCUT2D eigenvalue weighted by Gasteiger charge is 2.31. The molecule has 2 rings (SSSR count). The van der Waals surface area contributed by atoms with Crippen LogP contribution in [0.15, 0.2) is 0 Å². The fourth-order valence-electron chi connectivity index (χ4n) is 3.39. The molecule has 3 atom stereocenters. The van der Waals surface area contributed by atoms with Crippen LogP contribution in [-0.2, 0) is 0 Å². The first-order valence-electron chi connectivity index (χ1n) is 6.76. The smallest absolute Gasteiger partial charge is 0.0119 e. The average Bonchev–Trinajstić information content (AvgIpc) is 2.61. The van der Waals surface area contributed by atoms with E-state index < -0.39 is 0 Å². The van der Waals surface area contributed by atoms with Crippen molar-refractivity contribution in [1.29, 1.82) is 0 Å². The molecule has 0 saturated carbocycles. The summed E-state index contributed by atoms with van der Waals surface area (Å²) >= 11 is 0. The summed E-state index contributed by atoms with van der Waals surface area (Å²) in [6.07, 6.45) is 5.57. The Morgan fingerprint density at radius 2 is 2.12 bits per heavy atom. The number of rotatable bonds is 3. The summed E-state index contributed by atoms with van der Waals surface area (Å²) in [6.45, 7) is 9.95. The number of halogens is 1. The standard InChI is InChI=1S/C13H26N2.ClH/c1-3-13-11(2)6-8-15(13)10-12-5-4-7-14-9-12;/h11-14H,3-10H2,1-2H3;1H. The molecular formula is C13H27ClN2. The molecule has 0 aromatic rings. The van der Waals surface area contributed by atoms with Crippen LogP contribution in [0.4, 0.5) is 0 Å². The number of nitrogens with one attached hydrogen (secondary N) is 1. The van der Waals surface area contributed by atoms with Crippen molar-refractivity contribution in [2.75, 3.05) is 26.2 Å². The third-order valence-electron chi connectivity index (χ3n) is 4.31. The van der Waals surface area contributed by atoms with E-state index in [0.717, 1.165) is 17.9 Å². The maximum Gasteiger partial charge on any atom is 0.0119 e. The first kappa shape index (κ1) is 14.3. The molecule has 2 aliphatic rings. The lowest BCUT2D eigenvalue weighted by molar-refractivity contribution is 0.177. The van der Waals surface area contributed by atoms with Gasteiger partial charge < -0.3 is 5.32 Å². The van der Waals surface area contributed by atoms with Crippen LogP contribution in [0.2, 0.25) is 0 Å². The van der Waals surface area contributed by atoms with Gasteiger partial charge in [-0.05, 0) is 57.2 Å². The summed E-state index contributed by atoms with van der Waals surface area (Å²) in [5.74, 6) is 1.84. The van der Waals surface area contributed by atoms with Gasteiger partial charge in [0.15, 0.2) is 0 Å². The Bertz CT molecular complexity index is 192. The highest BCUT2D eigenvalue weighted by molar-refractivity contribution is 5.85. The molecule has 1 N–H and O–H groups in total. The van der Waals surface area contributed by atoms with Crippen molar-refractivity contribution in [3.05, 3.63) is 0 Å². The molecular weight excluding hydrogens is 220 g/mol. The van der Waals surface area contributed by atoms with E-state index in [9.17, 15) is 0 Å².